The summed E-state index contributed by atoms with van der Waals surface area (Å²) < 4.78 is 63.6. The molecule has 2 atom stereocenters. The second-order valence-corrected chi connectivity index (χ2v) is 15.2. The quantitative estimate of drug-likeness (QED) is 0.186. The van der Waals surface area contributed by atoms with Crippen LogP contribution in [-0.2, 0) is 35.6 Å². The summed E-state index contributed by atoms with van der Waals surface area (Å²) >= 11 is 0. The normalized spacial score (nSPS) is 17.4. The molecule has 0 saturated heterocycles. The SMILES string of the molecule is O=C1N=C(c2ccccc2)O[C@@]1(Cc1ccccc1)[C@@H](c1ccccc1)C(S(=O)(=O)c1ccccc1)S(=O)(=O)c1ccccc1. The van der Waals surface area contributed by atoms with Gasteiger partial charge in [-0.25, -0.2) is 16.8 Å². The predicted molar refractivity (Wildman–Crippen MR) is 172 cm³/mol. The number of benzene rings is 5. The van der Waals surface area contributed by atoms with Crippen LogP contribution in [0, 0.1) is 0 Å². The fourth-order valence-electron chi connectivity index (χ4n) is 5.77. The molecule has 0 unspecified atom stereocenters. The number of rotatable bonds is 10. The van der Waals surface area contributed by atoms with Crippen molar-refractivity contribution in [2.45, 2.75) is 32.3 Å². The van der Waals surface area contributed by atoms with E-state index in [-0.39, 0.29) is 22.1 Å². The summed E-state index contributed by atoms with van der Waals surface area (Å²) in [6.07, 6.45) is -0.142. The molecule has 0 radical (unpaired) electrons. The lowest BCUT2D eigenvalue weighted by atomic mass is 9.78. The molecule has 0 spiro atoms. The summed E-state index contributed by atoms with van der Waals surface area (Å²) in [6.45, 7) is 0. The molecule has 1 aliphatic heterocycles. The summed E-state index contributed by atoms with van der Waals surface area (Å²) in [5, 5.41) is 0. The standard InChI is InChI=1S/C36H29NO6S2/c38-35-36(26-27-16-6-1-7-17-27,43-33(37-35)29-20-10-3-11-21-29)32(28-18-8-2-9-19-28)34(44(39,40)30-22-12-4-13-23-30)45(41,42)31-24-14-5-15-25-31/h1-25,32,34H,26H2/t32-,36-/m0/s1. The highest BCUT2D eigenvalue weighted by atomic mass is 32.3. The lowest BCUT2D eigenvalue weighted by molar-refractivity contribution is -0.132. The minimum Gasteiger partial charge on any atom is -0.459 e. The molecular weight excluding hydrogens is 607 g/mol. The fraction of sp³-hybridized carbons (Fsp3) is 0.111. The van der Waals surface area contributed by atoms with Gasteiger partial charge in [-0.3, -0.25) is 4.79 Å². The fourth-order valence-corrected chi connectivity index (χ4v) is 10.8. The van der Waals surface area contributed by atoms with Crippen LogP contribution < -0.4 is 0 Å². The van der Waals surface area contributed by atoms with Crippen molar-refractivity contribution in [1.29, 1.82) is 0 Å². The van der Waals surface area contributed by atoms with Gasteiger partial charge in [0.05, 0.1) is 15.7 Å². The topological polar surface area (TPSA) is 107 Å². The van der Waals surface area contributed by atoms with Gasteiger partial charge in [0.25, 0.3) is 5.91 Å². The van der Waals surface area contributed by atoms with E-state index in [0.29, 0.717) is 16.7 Å². The van der Waals surface area contributed by atoms with Gasteiger partial charge in [0.15, 0.2) is 24.3 Å². The molecule has 6 rings (SSSR count). The minimum absolute atomic E-state index is 0.00886. The number of amides is 1. The first-order valence-corrected chi connectivity index (χ1v) is 17.4. The van der Waals surface area contributed by atoms with E-state index in [1.165, 1.54) is 48.5 Å². The van der Waals surface area contributed by atoms with Crippen LogP contribution in [-0.4, -0.2) is 38.8 Å². The lowest BCUT2D eigenvalue weighted by Gasteiger charge is -2.39. The maximum absolute atomic E-state index is 14.8. The highest BCUT2D eigenvalue weighted by molar-refractivity contribution is 8.09. The van der Waals surface area contributed by atoms with Crippen LogP contribution in [0.2, 0.25) is 0 Å². The molecule has 0 bridgehead atoms. The first kappa shape index (κ1) is 30.2. The van der Waals surface area contributed by atoms with Crippen LogP contribution in [0.5, 0.6) is 0 Å². The Hall–Kier alpha value is -4.86. The van der Waals surface area contributed by atoms with Crippen LogP contribution in [0.1, 0.15) is 22.6 Å². The second-order valence-electron chi connectivity index (χ2n) is 10.7. The summed E-state index contributed by atoms with van der Waals surface area (Å²) in [6, 6.07) is 41.0. The van der Waals surface area contributed by atoms with Crippen molar-refractivity contribution in [3.63, 3.8) is 0 Å². The smallest absolute Gasteiger partial charge is 0.294 e. The molecule has 45 heavy (non-hydrogen) atoms. The van der Waals surface area contributed by atoms with E-state index in [9.17, 15) is 21.6 Å². The van der Waals surface area contributed by atoms with E-state index < -0.39 is 41.7 Å². The molecule has 0 fully saturated rings. The molecule has 0 aliphatic carbocycles. The van der Waals surface area contributed by atoms with Gasteiger partial charge in [0.2, 0.25) is 11.5 Å². The van der Waals surface area contributed by atoms with Gasteiger partial charge >= 0.3 is 0 Å². The minimum atomic E-state index is -4.70. The highest BCUT2D eigenvalue weighted by Crippen LogP contribution is 2.48. The van der Waals surface area contributed by atoms with Crippen LogP contribution >= 0.6 is 0 Å². The Morgan fingerprint density at radius 3 is 1.49 bits per heavy atom. The van der Waals surface area contributed by atoms with Crippen molar-refractivity contribution in [2.75, 3.05) is 0 Å². The maximum atomic E-state index is 14.8. The zero-order valence-corrected chi connectivity index (χ0v) is 25.6. The highest BCUT2D eigenvalue weighted by Gasteiger charge is 2.62. The number of sulfone groups is 2. The van der Waals surface area contributed by atoms with Gasteiger partial charge in [0.1, 0.15) is 0 Å². The molecule has 0 N–H and O–H groups in total. The number of aliphatic imine (C=N–C) groups is 1. The Morgan fingerprint density at radius 2 is 1.00 bits per heavy atom. The van der Waals surface area contributed by atoms with E-state index in [4.69, 9.17) is 4.74 Å². The van der Waals surface area contributed by atoms with Gasteiger partial charge in [0, 0.05) is 12.0 Å². The van der Waals surface area contributed by atoms with Gasteiger partial charge < -0.3 is 4.74 Å². The number of ether oxygens (including phenoxy) is 1. The van der Waals surface area contributed by atoms with Crippen molar-refractivity contribution < 1.29 is 26.4 Å². The Bertz CT molecular complexity index is 1970. The third kappa shape index (κ3) is 5.72. The first-order valence-electron chi connectivity index (χ1n) is 14.3. The maximum Gasteiger partial charge on any atom is 0.294 e. The average Bonchev–Trinajstić information content (AvgIpc) is 3.41. The molecular formula is C36H29NO6S2. The predicted octanol–water partition coefficient (Wildman–Crippen LogP) is 6.03. The molecule has 1 amide bonds. The van der Waals surface area contributed by atoms with Gasteiger partial charge in [-0.15, -0.1) is 0 Å². The zero-order chi connectivity index (χ0) is 31.5. The summed E-state index contributed by atoms with van der Waals surface area (Å²) in [4.78, 5) is 18.4. The van der Waals surface area contributed by atoms with Crippen LogP contribution in [0.3, 0.4) is 0 Å². The molecule has 0 aromatic heterocycles. The Kier molecular flexibility index (Phi) is 8.22. The molecule has 5 aromatic rings. The molecule has 226 valence electrons. The van der Waals surface area contributed by atoms with Gasteiger partial charge in [-0.1, -0.05) is 115 Å². The summed E-state index contributed by atoms with van der Waals surface area (Å²) in [7, 11) is -9.40. The summed E-state index contributed by atoms with van der Waals surface area (Å²) in [5.74, 6) is -2.33. The number of carbonyl (C=O) groups excluding carboxylic acids is 1. The molecule has 5 aromatic carbocycles. The van der Waals surface area contributed by atoms with Crippen LogP contribution in [0.4, 0.5) is 0 Å². The van der Waals surface area contributed by atoms with E-state index in [1.807, 2.05) is 6.07 Å². The third-order valence-corrected chi connectivity index (χ3v) is 13.0. The first-order chi connectivity index (χ1) is 21.7. The van der Waals surface area contributed by atoms with E-state index in [2.05, 4.69) is 4.99 Å². The lowest BCUT2D eigenvalue weighted by Crippen LogP contribution is -2.54. The number of nitrogens with zero attached hydrogens (tertiary/aromatic N) is 1. The van der Waals surface area contributed by atoms with Crippen molar-refractivity contribution in [1.82, 2.24) is 0 Å². The Morgan fingerprint density at radius 1 is 0.578 bits per heavy atom. The summed E-state index contributed by atoms with van der Waals surface area (Å²) in [5.41, 5.74) is -0.608. The molecule has 7 nitrogen and oxygen atoms in total. The second kappa shape index (κ2) is 12.3. The van der Waals surface area contributed by atoms with Gasteiger partial charge in [-0.2, -0.15) is 4.99 Å². The Balaban J connectivity index is 1.67. The third-order valence-electron chi connectivity index (χ3n) is 7.86. The van der Waals surface area contributed by atoms with Gasteiger partial charge in [-0.05, 0) is 47.5 Å². The van der Waals surface area contributed by atoms with Crippen molar-refractivity contribution in [3.8, 4) is 0 Å². The average molecular weight is 636 g/mol. The van der Waals surface area contributed by atoms with Crippen molar-refractivity contribution in [2.24, 2.45) is 4.99 Å². The van der Waals surface area contributed by atoms with Crippen LogP contribution in [0.25, 0.3) is 0 Å². The Labute approximate surface area is 262 Å². The van der Waals surface area contributed by atoms with Crippen molar-refractivity contribution in [3.05, 3.63) is 168 Å². The van der Waals surface area contributed by atoms with E-state index in [1.54, 1.807) is 97.1 Å². The number of hydrogen-bond acceptors (Lipinski definition) is 6. The van der Waals surface area contributed by atoms with E-state index in [0.717, 1.165) is 0 Å². The number of hydrogen-bond donors (Lipinski definition) is 0. The van der Waals surface area contributed by atoms with E-state index >= 15 is 0 Å². The monoisotopic (exact) mass is 635 g/mol. The van der Waals surface area contributed by atoms with Crippen LogP contribution in [0.15, 0.2) is 166 Å². The molecule has 0 saturated carbocycles. The molecule has 1 aliphatic rings. The molecule has 1 heterocycles. The zero-order valence-electron chi connectivity index (χ0n) is 24.0. The molecule has 9 heteroatoms. The number of carbonyl (C=O) groups is 1. The van der Waals surface area contributed by atoms with Crippen molar-refractivity contribution >= 4 is 31.5 Å². The largest absolute Gasteiger partial charge is 0.459 e.